The van der Waals surface area contributed by atoms with Gasteiger partial charge >= 0.3 is 0 Å². The van der Waals surface area contributed by atoms with Crippen LogP contribution in [0.25, 0.3) is 0 Å². The zero-order valence-corrected chi connectivity index (χ0v) is 9.65. The number of halogens is 3. The van der Waals surface area contributed by atoms with Crippen LogP contribution in [0.15, 0.2) is 12.1 Å². The third-order valence-electron chi connectivity index (χ3n) is 2.89. The van der Waals surface area contributed by atoms with Crippen molar-refractivity contribution in [2.75, 3.05) is 5.32 Å². The summed E-state index contributed by atoms with van der Waals surface area (Å²) in [6.45, 7) is 5.91. The van der Waals surface area contributed by atoms with E-state index in [9.17, 15) is 13.2 Å². The zero-order chi connectivity index (χ0) is 12.3. The highest BCUT2D eigenvalue weighted by molar-refractivity contribution is 5.46. The molecule has 0 amide bonds. The second kappa shape index (κ2) is 5.23. The predicted molar refractivity (Wildman–Crippen MR) is 58.9 cm³/mol. The van der Waals surface area contributed by atoms with Crippen LogP contribution >= 0.6 is 0 Å². The molecular weight excluding hydrogens is 215 g/mol. The monoisotopic (exact) mass is 231 g/mol. The molecule has 1 aromatic rings. The number of benzene rings is 1. The van der Waals surface area contributed by atoms with Gasteiger partial charge in [0.2, 0.25) is 0 Å². The molecule has 2 unspecified atom stereocenters. The van der Waals surface area contributed by atoms with Crippen molar-refractivity contribution in [1.29, 1.82) is 0 Å². The van der Waals surface area contributed by atoms with Crippen LogP contribution in [0.1, 0.15) is 27.2 Å². The van der Waals surface area contributed by atoms with Gasteiger partial charge < -0.3 is 5.32 Å². The molecular formula is C12H16F3N. The lowest BCUT2D eigenvalue weighted by atomic mass is 10.0. The Bertz CT molecular complexity index is 366. The lowest BCUT2D eigenvalue weighted by molar-refractivity contribution is 0.481. The van der Waals surface area contributed by atoms with Gasteiger partial charge in [0.1, 0.15) is 5.82 Å². The van der Waals surface area contributed by atoms with Gasteiger partial charge in [-0.25, -0.2) is 13.2 Å². The summed E-state index contributed by atoms with van der Waals surface area (Å²) in [5, 5.41) is 2.85. The Morgan fingerprint density at radius 2 is 1.62 bits per heavy atom. The summed E-state index contributed by atoms with van der Waals surface area (Å²) in [7, 11) is 0. The fraction of sp³-hybridized carbons (Fsp3) is 0.500. The van der Waals surface area contributed by atoms with Crippen LogP contribution < -0.4 is 5.32 Å². The van der Waals surface area contributed by atoms with E-state index in [1.165, 1.54) is 0 Å². The molecule has 16 heavy (non-hydrogen) atoms. The molecule has 0 radical (unpaired) electrons. The van der Waals surface area contributed by atoms with Crippen molar-refractivity contribution < 1.29 is 13.2 Å². The summed E-state index contributed by atoms with van der Waals surface area (Å²) < 4.78 is 38.9. The van der Waals surface area contributed by atoms with Crippen LogP contribution in [0.2, 0.25) is 0 Å². The van der Waals surface area contributed by atoms with E-state index in [1.807, 2.05) is 20.8 Å². The van der Waals surface area contributed by atoms with Gasteiger partial charge in [0, 0.05) is 18.2 Å². The molecule has 0 saturated carbocycles. The van der Waals surface area contributed by atoms with Crippen molar-refractivity contribution in [2.45, 2.75) is 33.2 Å². The highest BCUT2D eigenvalue weighted by atomic mass is 19.2. The topological polar surface area (TPSA) is 12.0 Å². The maximum absolute atomic E-state index is 13.3. The first-order chi connectivity index (χ1) is 7.45. The van der Waals surface area contributed by atoms with Gasteiger partial charge in [-0.1, -0.05) is 20.3 Å². The van der Waals surface area contributed by atoms with Crippen molar-refractivity contribution in [3.63, 3.8) is 0 Å². The van der Waals surface area contributed by atoms with Gasteiger partial charge in [-0.3, -0.25) is 0 Å². The molecule has 0 aliphatic carbocycles. The van der Waals surface area contributed by atoms with Crippen molar-refractivity contribution in [1.82, 2.24) is 0 Å². The Hall–Kier alpha value is -1.19. The molecule has 0 aromatic heterocycles. The quantitative estimate of drug-likeness (QED) is 0.773. The average Bonchev–Trinajstić information content (AvgIpc) is 2.24. The minimum atomic E-state index is -1.17. The van der Waals surface area contributed by atoms with Gasteiger partial charge in [-0.2, -0.15) is 0 Å². The maximum atomic E-state index is 13.3. The van der Waals surface area contributed by atoms with Crippen LogP contribution in [-0.2, 0) is 0 Å². The Morgan fingerprint density at radius 1 is 1.06 bits per heavy atom. The zero-order valence-electron chi connectivity index (χ0n) is 9.65. The summed E-state index contributed by atoms with van der Waals surface area (Å²) in [6, 6.07) is 1.41. The van der Waals surface area contributed by atoms with Gasteiger partial charge in [0.15, 0.2) is 11.6 Å². The van der Waals surface area contributed by atoms with Crippen LogP contribution in [0.4, 0.5) is 18.9 Å². The largest absolute Gasteiger partial charge is 0.380 e. The minimum Gasteiger partial charge on any atom is -0.380 e. The average molecular weight is 231 g/mol. The van der Waals surface area contributed by atoms with Crippen LogP contribution in [-0.4, -0.2) is 6.04 Å². The van der Waals surface area contributed by atoms with E-state index in [-0.39, 0.29) is 11.7 Å². The molecule has 0 aliphatic rings. The molecule has 1 rings (SSSR count). The Balaban J connectivity index is 2.85. The number of anilines is 1. The van der Waals surface area contributed by atoms with Crippen molar-refractivity contribution in [2.24, 2.45) is 5.92 Å². The van der Waals surface area contributed by atoms with E-state index in [0.29, 0.717) is 12.0 Å². The van der Waals surface area contributed by atoms with Gasteiger partial charge in [-0.15, -0.1) is 0 Å². The van der Waals surface area contributed by atoms with Crippen molar-refractivity contribution >= 4 is 5.69 Å². The summed E-state index contributed by atoms with van der Waals surface area (Å²) in [4.78, 5) is 0. The standard InChI is InChI=1S/C12H16F3N/c1-4-7(2)8(3)16-12-6-10(14)9(13)5-11(12)15/h5-8,16H,4H2,1-3H3. The van der Waals surface area contributed by atoms with E-state index < -0.39 is 17.5 Å². The highest BCUT2D eigenvalue weighted by Gasteiger charge is 2.14. The van der Waals surface area contributed by atoms with E-state index in [4.69, 9.17) is 0 Å². The van der Waals surface area contributed by atoms with Crippen LogP contribution in [0, 0.1) is 23.4 Å². The molecule has 4 heteroatoms. The smallest absolute Gasteiger partial charge is 0.161 e. The first-order valence-corrected chi connectivity index (χ1v) is 5.36. The van der Waals surface area contributed by atoms with Crippen molar-refractivity contribution in [3.8, 4) is 0 Å². The van der Waals surface area contributed by atoms with Gasteiger partial charge in [0.05, 0.1) is 5.69 Å². The molecule has 0 heterocycles. The van der Waals surface area contributed by atoms with Gasteiger partial charge in [-0.05, 0) is 12.8 Å². The second-order valence-corrected chi connectivity index (χ2v) is 4.06. The van der Waals surface area contributed by atoms with Crippen LogP contribution in [0.5, 0.6) is 0 Å². The van der Waals surface area contributed by atoms with E-state index >= 15 is 0 Å². The van der Waals surface area contributed by atoms with Crippen LogP contribution in [0.3, 0.4) is 0 Å². The number of hydrogen-bond donors (Lipinski definition) is 1. The molecule has 90 valence electrons. The molecule has 1 N–H and O–H groups in total. The van der Waals surface area contributed by atoms with E-state index in [1.54, 1.807) is 0 Å². The molecule has 0 fully saturated rings. The number of nitrogens with one attached hydrogen (secondary N) is 1. The maximum Gasteiger partial charge on any atom is 0.161 e. The second-order valence-electron chi connectivity index (χ2n) is 4.06. The third kappa shape index (κ3) is 2.90. The van der Waals surface area contributed by atoms with Crippen molar-refractivity contribution in [3.05, 3.63) is 29.6 Å². The summed E-state index contributed by atoms with van der Waals surface area (Å²) in [5.74, 6) is -2.65. The Kier molecular flexibility index (Phi) is 4.21. The Labute approximate surface area is 93.7 Å². The Morgan fingerprint density at radius 3 is 2.19 bits per heavy atom. The van der Waals surface area contributed by atoms with E-state index in [2.05, 4.69) is 5.32 Å². The lowest BCUT2D eigenvalue weighted by Gasteiger charge is -2.21. The summed E-state index contributed by atoms with van der Waals surface area (Å²) >= 11 is 0. The normalized spacial score (nSPS) is 14.6. The number of hydrogen-bond acceptors (Lipinski definition) is 1. The highest BCUT2D eigenvalue weighted by Crippen LogP contribution is 2.21. The molecule has 0 spiro atoms. The third-order valence-corrected chi connectivity index (χ3v) is 2.89. The fourth-order valence-electron chi connectivity index (χ4n) is 1.37. The first-order valence-electron chi connectivity index (χ1n) is 5.36. The lowest BCUT2D eigenvalue weighted by Crippen LogP contribution is -2.23. The molecule has 2 atom stereocenters. The first kappa shape index (κ1) is 12.9. The molecule has 0 aliphatic heterocycles. The molecule has 1 aromatic carbocycles. The predicted octanol–water partition coefficient (Wildman–Crippen LogP) is 3.95. The SMILES string of the molecule is CCC(C)C(C)Nc1cc(F)c(F)cc1F. The fourth-order valence-corrected chi connectivity index (χ4v) is 1.37. The molecule has 0 bridgehead atoms. The van der Waals surface area contributed by atoms with E-state index in [0.717, 1.165) is 12.5 Å². The van der Waals surface area contributed by atoms with Gasteiger partial charge in [0.25, 0.3) is 0 Å². The summed E-state index contributed by atoms with van der Waals surface area (Å²) in [5.41, 5.74) is 0.00620. The molecule has 0 saturated heterocycles. The minimum absolute atomic E-state index is 0.00404. The molecule has 1 nitrogen and oxygen atoms in total. The summed E-state index contributed by atoms with van der Waals surface area (Å²) in [6.07, 6.45) is 0.930. The number of rotatable bonds is 4.